The molecule has 4 rings (SSSR count). The lowest BCUT2D eigenvalue weighted by molar-refractivity contribution is -0.139. The minimum absolute atomic E-state index is 0.00867. The summed E-state index contributed by atoms with van der Waals surface area (Å²) in [6.07, 6.45) is 6.50. The second-order valence-electron chi connectivity index (χ2n) is 7.26. The Morgan fingerprint density at radius 3 is 2.71 bits per heavy atom. The number of rotatable bonds is 5. The van der Waals surface area contributed by atoms with Gasteiger partial charge in [-0.05, 0) is 31.4 Å². The van der Waals surface area contributed by atoms with Crippen LogP contribution in [-0.2, 0) is 9.59 Å². The number of ether oxygens (including phenoxy) is 1. The molecule has 0 unspecified atom stereocenters. The van der Waals surface area contributed by atoms with Crippen LogP contribution in [0.3, 0.4) is 0 Å². The van der Waals surface area contributed by atoms with Crippen molar-refractivity contribution in [2.75, 3.05) is 26.2 Å². The van der Waals surface area contributed by atoms with Crippen LogP contribution in [0.4, 0.5) is 0 Å². The number of likely N-dealkylation sites (tertiary alicyclic amines) is 2. The van der Waals surface area contributed by atoms with E-state index in [1.165, 1.54) is 0 Å². The van der Waals surface area contributed by atoms with Crippen molar-refractivity contribution in [1.82, 2.24) is 19.8 Å². The molecule has 0 spiro atoms. The van der Waals surface area contributed by atoms with Gasteiger partial charge >= 0.3 is 0 Å². The maximum absolute atomic E-state index is 12.7. The standard InChI is InChI=1S/C21H24N4O3/c26-18-9-5-13-25(18)15-19(27)24-12-4-6-16(14-24)20-21(23-11-10-22-20)28-17-7-2-1-3-8-17/h1-3,7-8,10-11,16H,4-6,9,12-15H2/t16-/m1/s1. The minimum Gasteiger partial charge on any atom is -0.437 e. The van der Waals surface area contributed by atoms with Gasteiger partial charge in [0.1, 0.15) is 11.4 Å². The van der Waals surface area contributed by atoms with Crippen molar-refractivity contribution in [3.05, 3.63) is 48.4 Å². The minimum atomic E-state index is 0.00867. The molecule has 0 N–H and O–H groups in total. The Balaban J connectivity index is 1.46. The van der Waals surface area contributed by atoms with Gasteiger partial charge < -0.3 is 14.5 Å². The summed E-state index contributed by atoms with van der Waals surface area (Å²) in [6, 6.07) is 9.50. The summed E-state index contributed by atoms with van der Waals surface area (Å²) in [4.78, 5) is 36.9. The Kier molecular flexibility index (Phi) is 5.50. The monoisotopic (exact) mass is 380 g/mol. The molecule has 0 radical (unpaired) electrons. The highest BCUT2D eigenvalue weighted by atomic mass is 16.5. The highest BCUT2D eigenvalue weighted by Crippen LogP contribution is 2.32. The van der Waals surface area contributed by atoms with E-state index in [0.717, 1.165) is 25.0 Å². The molecule has 2 amide bonds. The average Bonchev–Trinajstić information content (AvgIpc) is 3.14. The summed E-state index contributed by atoms with van der Waals surface area (Å²) in [7, 11) is 0. The van der Waals surface area contributed by atoms with Crippen molar-refractivity contribution in [3.8, 4) is 11.6 Å². The molecule has 1 aromatic heterocycles. The Labute approximate surface area is 164 Å². The maximum atomic E-state index is 12.7. The number of carbonyl (C=O) groups is 2. The molecule has 2 aliphatic heterocycles. The summed E-state index contributed by atoms with van der Waals surface area (Å²) in [5.74, 6) is 1.35. The molecule has 2 saturated heterocycles. The zero-order valence-electron chi connectivity index (χ0n) is 15.8. The predicted molar refractivity (Wildman–Crippen MR) is 103 cm³/mol. The Morgan fingerprint density at radius 1 is 1.11 bits per heavy atom. The van der Waals surface area contributed by atoms with Gasteiger partial charge in [0, 0.05) is 44.4 Å². The molecule has 0 saturated carbocycles. The van der Waals surface area contributed by atoms with E-state index in [1.807, 2.05) is 35.2 Å². The van der Waals surface area contributed by atoms with E-state index in [2.05, 4.69) is 9.97 Å². The van der Waals surface area contributed by atoms with Crippen LogP contribution in [0.1, 0.15) is 37.3 Å². The molecule has 7 heteroatoms. The molecule has 1 atom stereocenters. The molecule has 1 aromatic carbocycles. The first-order chi connectivity index (χ1) is 13.7. The summed E-state index contributed by atoms with van der Waals surface area (Å²) in [5.41, 5.74) is 0.779. The zero-order valence-corrected chi connectivity index (χ0v) is 15.8. The quantitative estimate of drug-likeness (QED) is 0.797. The van der Waals surface area contributed by atoms with Gasteiger partial charge in [-0.15, -0.1) is 0 Å². The Hall–Kier alpha value is -2.96. The van der Waals surface area contributed by atoms with Crippen molar-refractivity contribution in [2.24, 2.45) is 0 Å². The maximum Gasteiger partial charge on any atom is 0.242 e. The fourth-order valence-corrected chi connectivity index (χ4v) is 3.86. The smallest absolute Gasteiger partial charge is 0.242 e. The average molecular weight is 380 g/mol. The van der Waals surface area contributed by atoms with Crippen LogP contribution in [0.25, 0.3) is 0 Å². The molecule has 0 aliphatic carbocycles. The summed E-state index contributed by atoms with van der Waals surface area (Å²) in [6.45, 7) is 2.15. The SMILES string of the molecule is O=C1CCCN1CC(=O)N1CCC[C@@H](c2nccnc2Oc2ccccc2)C1. The van der Waals surface area contributed by atoms with E-state index in [1.54, 1.807) is 17.3 Å². The van der Waals surface area contributed by atoms with E-state index < -0.39 is 0 Å². The van der Waals surface area contributed by atoms with Crippen LogP contribution >= 0.6 is 0 Å². The fourth-order valence-electron chi connectivity index (χ4n) is 3.86. The third-order valence-electron chi connectivity index (χ3n) is 5.31. The topological polar surface area (TPSA) is 75.6 Å². The number of amides is 2. The fraction of sp³-hybridized carbons (Fsp3) is 0.429. The summed E-state index contributed by atoms with van der Waals surface area (Å²) >= 11 is 0. The highest BCUT2D eigenvalue weighted by molar-refractivity contribution is 5.86. The molecule has 28 heavy (non-hydrogen) atoms. The van der Waals surface area contributed by atoms with Gasteiger partial charge in [-0.25, -0.2) is 4.98 Å². The number of nitrogens with zero attached hydrogens (tertiary/aromatic N) is 4. The van der Waals surface area contributed by atoms with Gasteiger partial charge in [-0.3, -0.25) is 14.6 Å². The lowest BCUT2D eigenvalue weighted by Gasteiger charge is -2.33. The number of para-hydroxylation sites is 1. The first-order valence-corrected chi connectivity index (χ1v) is 9.80. The van der Waals surface area contributed by atoms with Crippen LogP contribution in [-0.4, -0.2) is 57.8 Å². The van der Waals surface area contributed by atoms with Gasteiger partial charge in [0.15, 0.2) is 0 Å². The zero-order chi connectivity index (χ0) is 19.3. The molecule has 2 aromatic rings. The van der Waals surface area contributed by atoms with Crippen molar-refractivity contribution >= 4 is 11.8 Å². The predicted octanol–water partition coefficient (Wildman–Crippen LogP) is 2.60. The highest BCUT2D eigenvalue weighted by Gasteiger charge is 2.30. The van der Waals surface area contributed by atoms with Gasteiger partial charge in [-0.2, -0.15) is 0 Å². The van der Waals surface area contributed by atoms with Crippen molar-refractivity contribution in [3.63, 3.8) is 0 Å². The van der Waals surface area contributed by atoms with E-state index in [0.29, 0.717) is 37.7 Å². The number of carbonyl (C=O) groups excluding carboxylic acids is 2. The normalized spacial score (nSPS) is 19.7. The third-order valence-corrected chi connectivity index (χ3v) is 5.31. The van der Waals surface area contributed by atoms with E-state index in [9.17, 15) is 9.59 Å². The van der Waals surface area contributed by atoms with Gasteiger partial charge in [-0.1, -0.05) is 18.2 Å². The van der Waals surface area contributed by atoms with E-state index in [4.69, 9.17) is 4.74 Å². The number of aromatic nitrogens is 2. The van der Waals surface area contributed by atoms with Crippen molar-refractivity contribution in [2.45, 2.75) is 31.6 Å². The van der Waals surface area contributed by atoms with Crippen LogP contribution in [0.2, 0.25) is 0 Å². The van der Waals surface area contributed by atoms with Crippen LogP contribution in [0.5, 0.6) is 11.6 Å². The molecule has 0 bridgehead atoms. The Bertz CT molecular complexity index is 843. The lowest BCUT2D eigenvalue weighted by Crippen LogP contribution is -2.45. The number of hydrogen-bond donors (Lipinski definition) is 0. The lowest BCUT2D eigenvalue weighted by atomic mass is 9.94. The molecular formula is C21H24N4O3. The molecule has 146 valence electrons. The first kappa shape index (κ1) is 18.4. The summed E-state index contributed by atoms with van der Waals surface area (Å²) < 4.78 is 5.95. The number of piperidine rings is 1. The van der Waals surface area contributed by atoms with Crippen LogP contribution in [0, 0.1) is 0 Å². The largest absolute Gasteiger partial charge is 0.437 e. The second-order valence-corrected chi connectivity index (χ2v) is 7.26. The van der Waals surface area contributed by atoms with Crippen molar-refractivity contribution < 1.29 is 14.3 Å². The molecular weight excluding hydrogens is 356 g/mol. The van der Waals surface area contributed by atoms with Gasteiger partial charge in [0.2, 0.25) is 17.7 Å². The summed E-state index contributed by atoms with van der Waals surface area (Å²) in [5, 5.41) is 0. The van der Waals surface area contributed by atoms with Crippen molar-refractivity contribution in [1.29, 1.82) is 0 Å². The molecule has 7 nitrogen and oxygen atoms in total. The van der Waals surface area contributed by atoms with E-state index >= 15 is 0 Å². The van der Waals surface area contributed by atoms with Crippen LogP contribution < -0.4 is 4.74 Å². The van der Waals surface area contributed by atoms with Gasteiger partial charge in [0.25, 0.3) is 0 Å². The molecule has 3 heterocycles. The van der Waals surface area contributed by atoms with E-state index in [-0.39, 0.29) is 24.3 Å². The van der Waals surface area contributed by atoms with Crippen LogP contribution in [0.15, 0.2) is 42.7 Å². The second kappa shape index (κ2) is 8.37. The number of benzene rings is 1. The molecule has 2 aliphatic rings. The third kappa shape index (κ3) is 4.13. The van der Waals surface area contributed by atoms with Gasteiger partial charge in [0.05, 0.1) is 6.54 Å². The number of hydrogen-bond acceptors (Lipinski definition) is 5. The molecule has 2 fully saturated rings. The first-order valence-electron chi connectivity index (χ1n) is 9.80. The Morgan fingerprint density at radius 2 is 1.93 bits per heavy atom.